The molecule has 0 bridgehead atoms. The number of ether oxygens (including phenoxy) is 1. The molecule has 0 aliphatic carbocycles. The Hall–Kier alpha value is -3.81. The fourth-order valence-electron chi connectivity index (χ4n) is 4.73. The van der Waals surface area contributed by atoms with Crippen molar-refractivity contribution in [2.75, 3.05) is 25.1 Å². The minimum absolute atomic E-state index is 0.449. The van der Waals surface area contributed by atoms with Crippen molar-refractivity contribution in [1.82, 2.24) is 14.7 Å². The number of nitrogens with two attached hydrogens (primary N) is 1. The quantitative estimate of drug-likeness (QED) is 0.465. The molecule has 1 amide bonds. The Morgan fingerprint density at radius 1 is 1.15 bits per heavy atom. The minimum atomic E-state index is -0.449. The van der Waals surface area contributed by atoms with Gasteiger partial charge in [0, 0.05) is 37.0 Å². The highest BCUT2D eigenvalue weighted by Gasteiger charge is 2.25. The zero-order chi connectivity index (χ0) is 22.8. The van der Waals surface area contributed by atoms with Crippen molar-refractivity contribution in [2.45, 2.75) is 31.7 Å². The lowest BCUT2D eigenvalue weighted by atomic mass is 9.89. The summed E-state index contributed by atoms with van der Waals surface area (Å²) in [5.74, 6) is 2.13. The van der Waals surface area contributed by atoms with Crippen LogP contribution in [0.2, 0.25) is 0 Å². The van der Waals surface area contributed by atoms with Gasteiger partial charge < -0.3 is 24.5 Å². The van der Waals surface area contributed by atoms with E-state index in [0.717, 1.165) is 42.6 Å². The number of carbonyl (C=O) groups excluding carboxylic acids is 1. The van der Waals surface area contributed by atoms with Crippen molar-refractivity contribution in [2.24, 2.45) is 5.73 Å². The first-order chi connectivity index (χ1) is 16.1. The average molecular weight is 446 g/mol. The third kappa shape index (κ3) is 4.16. The Bertz CT molecular complexity index is 1270. The smallest absolute Gasteiger partial charge is 0.266 e. The van der Waals surface area contributed by atoms with Gasteiger partial charge >= 0.3 is 0 Å². The molecular weight excluding hydrogens is 418 g/mol. The summed E-state index contributed by atoms with van der Waals surface area (Å²) in [6.45, 7) is 2.24. The van der Waals surface area contributed by atoms with E-state index in [1.807, 2.05) is 47.0 Å². The van der Waals surface area contributed by atoms with Gasteiger partial charge in [-0.2, -0.15) is 4.98 Å². The molecule has 0 spiro atoms. The number of methoxy groups -OCH3 is 1. The van der Waals surface area contributed by atoms with E-state index in [0.29, 0.717) is 36.4 Å². The maximum atomic E-state index is 11.9. The highest BCUT2D eigenvalue weighted by Crippen LogP contribution is 2.34. The molecule has 170 valence electrons. The van der Waals surface area contributed by atoms with Crippen LogP contribution in [0.5, 0.6) is 5.75 Å². The maximum absolute atomic E-state index is 11.9. The Labute approximate surface area is 191 Å². The number of fused-ring (bicyclic) bond motifs is 1. The number of benzene rings is 2. The molecule has 5 rings (SSSR count). The number of para-hydroxylation sites is 2. The number of hydrogen-bond acceptors (Lipinski definition) is 6. The highest BCUT2D eigenvalue weighted by molar-refractivity contribution is 5.97. The first kappa shape index (κ1) is 21.1. The van der Waals surface area contributed by atoms with Gasteiger partial charge in [0.15, 0.2) is 0 Å². The van der Waals surface area contributed by atoms with Crippen molar-refractivity contribution in [3.05, 3.63) is 71.7 Å². The maximum Gasteiger partial charge on any atom is 0.266 e. The molecule has 4 aromatic rings. The second kappa shape index (κ2) is 8.97. The topological polar surface area (TPSA) is 99.4 Å². The van der Waals surface area contributed by atoms with Gasteiger partial charge in [-0.25, -0.2) is 0 Å². The number of amides is 1. The molecule has 2 aromatic carbocycles. The molecule has 1 fully saturated rings. The van der Waals surface area contributed by atoms with Gasteiger partial charge in [-0.1, -0.05) is 36.4 Å². The van der Waals surface area contributed by atoms with Crippen LogP contribution in [0.25, 0.3) is 10.9 Å². The number of rotatable bonds is 7. The van der Waals surface area contributed by atoms with Crippen LogP contribution in [0, 0.1) is 0 Å². The van der Waals surface area contributed by atoms with E-state index in [2.05, 4.69) is 27.2 Å². The number of anilines is 1. The summed E-state index contributed by atoms with van der Waals surface area (Å²) in [4.78, 5) is 18.7. The summed E-state index contributed by atoms with van der Waals surface area (Å²) in [5, 5.41) is 5.19. The Kier molecular flexibility index (Phi) is 5.73. The van der Waals surface area contributed by atoms with Gasteiger partial charge in [0.2, 0.25) is 5.89 Å². The molecule has 1 aliphatic heterocycles. The zero-order valence-corrected chi connectivity index (χ0v) is 18.6. The van der Waals surface area contributed by atoms with Crippen molar-refractivity contribution in [1.29, 1.82) is 0 Å². The predicted molar refractivity (Wildman–Crippen MR) is 126 cm³/mol. The normalized spacial score (nSPS) is 14.6. The third-order valence-electron chi connectivity index (χ3n) is 6.43. The van der Waals surface area contributed by atoms with E-state index in [-0.39, 0.29) is 0 Å². The van der Waals surface area contributed by atoms with Crippen LogP contribution < -0.4 is 15.4 Å². The Morgan fingerprint density at radius 3 is 2.70 bits per heavy atom. The van der Waals surface area contributed by atoms with Crippen molar-refractivity contribution >= 4 is 22.8 Å². The second-order valence-corrected chi connectivity index (χ2v) is 8.35. The van der Waals surface area contributed by atoms with E-state index in [1.54, 1.807) is 7.11 Å². The number of primary amides is 1. The number of piperidine rings is 1. The first-order valence-corrected chi connectivity index (χ1v) is 11.2. The zero-order valence-electron chi connectivity index (χ0n) is 18.6. The first-order valence-electron chi connectivity index (χ1n) is 11.2. The second-order valence-electron chi connectivity index (χ2n) is 8.35. The van der Waals surface area contributed by atoms with E-state index in [9.17, 15) is 4.79 Å². The van der Waals surface area contributed by atoms with Gasteiger partial charge in [0.1, 0.15) is 11.4 Å². The molecule has 2 N–H and O–H groups in total. The Morgan fingerprint density at radius 2 is 1.91 bits per heavy atom. The van der Waals surface area contributed by atoms with E-state index in [4.69, 9.17) is 15.0 Å². The summed E-state index contributed by atoms with van der Waals surface area (Å²) >= 11 is 0. The van der Waals surface area contributed by atoms with Crippen molar-refractivity contribution in [3.8, 4) is 5.75 Å². The van der Waals surface area contributed by atoms with Gasteiger partial charge in [-0.05, 0) is 47.7 Å². The van der Waals surface area contributed by atoms with Gasteiger partial charge in [-0.3, -0.25) is 4.79 Å². The molecule has 0 saturated carbocycles. The molecule has 8 heteroatoms. The van der Waals surface area contributed by atoms with Crippen LogP contribution in [0.15, 0.2) is 59.1 Å². The average Bonchev–Trinajstić information content (AvgIpc) is 3.48. The number of hydrogen-bond donors (Lipinski definition) is 1. The fourth-order valence-corrected chi connectivity index (χ4v) is 4.73. The largest absolute Gasteiger partial charge is 0.496 e. The molecule has 3 heterocycles. The molecule has 0 atom stereocenters. The van der Waals surface area contributed by atoms with E-state index < -0.39 is 5.91 Å². The Balaban J connectivity index is 1.24. The molecule has 0 radical (unpaired) electrons. The summed E-state index contributed by atoms with van der Waals surface area (Å²) in [6, 6.07) is 17.9. The lowest BCUT2D eigenvalue weighted by Crippen LogP contribution is -2.33. The highest BCUT2D eigenvalue weighted by atomic mass is 16.5. The van der Waals surface area contributed by atoms with Crippen LogP contribution in [0.1, 0.15) is 40.7 Å². The summed E-state index contributed by atoms with van der Waals surface area (Å²) in [6.07, 6.45) is 2.52. The van der Waals surface area contributed by atoms with Gasteiger partial charge in [-0.15, -0.1) is 0 Å². The summed E-state index contributed by atoms with van der Waals surface area (Å²) < 4.78 is 13.0. The van der Waals surface area contributed by atoms with Crippen LogP contribution >= 0.6 is 0 Å². The van der Waals surface area contributed by atoms with Crippen LogP contribution in [-0.2, 0) is 13.0 Å². The summed E-state index contributed by atoms with van der Waals surface area (Å²) in [5.41, 5.74) is 8.30. The number of aryl methyl sites for hydroxylation is 2. The molecule has 1 aliphatic rings. The number of aromatic nitrogens is 3. The molecule has 8 nitrogen and oxygen atoms in total. The van der Waals surface area contributed by atoms with Crippen LogP contribution in [-0.4, -0.2) is 40.8 Å². The van der Waals surface area contributed by atoms with E-state index in [1.165, 1.54) is 5.56 Å². The third-order valence-corrected chi connectivity index (χ3v) is 6.43. The van der Waals surface area contributed by atoms with Crippen LogP contribution in [0.4, 0.5) is 5.95 Å². The number of nitrogens with zero attached hydrogens (tertiary/aromatic N) is 4. The lowest BCUT2D eigenvalue weighted by molar-refractivity contribution is 0.0991. The molecule has 0 unspecified atom stereocenters. The molecule has 1 saturated heterocycles. The lowest BCUT2D eigenvalue weighted by Gasteiger charge is -2.31. The number of carbonyl (C=O) groups is 1. The standard InChI is InChI=1S/C25H27N5O3/c1-32-22-9-5-3-7-19(22)17-10-13-29(14-11-17)25-27-23(33-28-25)12-15-30-20-8-4-2-6-18(20)16-21(30)24(26)31/h2-9,16-17H,10-15H2,1H3,(H2,26,31). The predicted octanol–water partition coefficient (Wildman–Crippen LogP) is 3.76. The van der Waals surface area contributed by atoms with Crippen LogP contribution in [0.3, 0.4) is 0 Å². The van der Waals surface area contributed by atoms with Crippen molar-refractivity contribution < 1.29 is 14.1 Å². The van der Waals surface area contributed by atoms with Gasteiger partial charge in [0.05, 0.1) is 7.11 Å². The monoisotopic (exact) mass is 445 g/mol. The molecule has 33 heavy (non-hydrogen) atoms. The molecular formula is C25H27N5O3. The minimum Gasteiger partial charge on any atom is -0.496 e. The fraction of sp³-hybridized carbons (Fsp3) is 0.320. The van der Waals surface area contributed by atoms with Crippen molar-refractivity contribution in [3.63, 3.8) is 0 Å². The SMILES string of the molecule is COc1ccccc1C1CCN(c2noc(CCn3c(C(N)=O)cc4ccccc43)n2)CC1. The van der Waals surface area contributed by atoms with E-state index >= 15 is 0 Å². The molecule has 2 aromatic heterocycles. The van der Waals surface area contributed by atoms with Gasteiger partial charge in [0.25, 0.3) is 11.9 Å². The summed E-state index contributed by atoms with van der Waals surface area (Å²) in [7, 11) is 1.72.